The molecule has 0 aliphatic heterocycles. The van der Waals surface area contributed by atoms with E-state index in [0.717, 1.165) is 12.8 Å². The first-order chi connectivity index (χ1) is 5.66. The number of hydrogen-bond donors (Lipinski definition) is 1. The standard InChI is InChI=1S/C9H19NO2/c1-4-5-6-9(11)10-12-7-8(2)3/h8H,4-7H2,1-3H3,(H,10,11). The van der Waals surface area contributed by atoms with Crippen molar-refractivity contribution in [2.75, 3.05) is 6.61 Å². The zero-order chi connectivity index (χ0) is 9.40. The van der Waals surface area contributed by atoms with E-state index in [4.69, 9.17) is 4.84 Å². The van der Waals surface area contributed by atoms with Gasteiger partial charge in [-0.05, 0) is 12.3 Å². The normalized spacial score (nSPS) is 10.3. The fraction of sp³-hybridized carbons (Fsp3) is 0.889. The van der Waals surface area contributed by atoms with Gasteiger partial charge in [0.15, 0.2) is 0 Å². The smallest absolute Gasteiger partial charge is 0.243 e. The largest absolute Gasteiger partial charge is 0.273 e. The van der Waals surface area contributed by atoms with Crippen LogP contribution in [0.15, 0.2) is 0 Å². The molecule has 0 unspecified atom stereocenters. The van der Waals surface area contributed by atoms with Crippen LogP contribution in [-0.4, -0.2) is 12.5 Å². The van der Waals surface area contributed by atoms with Crippen LogP contribution in [-0.2, 0) is 9.63 Å². The molecule has 0 aliphatic carbocycles. The van der Waals surface area contributed by atoms with Crippen LogP contribution in [0.5, 0.6) is 0 Å². The quantitative estimate of drug-likeness (QED) is 0.623. The first-order valence-corrected chi connectivity index (χ1v) is 4.57. The number of hydrogen-bond acceptors (Lipinski definition) is 2. The summed E-state index contributed by atoms with van der Waals surface area (Å²) in [6, 6.07) is 0. The van der Waals surface area contributed by atoms with Crippen LogP contribution < -0.4 is 5.48 Å². The molecule has 0 saturated heterocycles. The van der Waals surface area contributed by atoms with Crippen molar-refractivity contribution >= 4 is 5.91 Å². The molecule has 3 heteroatoms. The first kappa shape index (κ1) is 11.4. The molecule has 72 valence electrons. The number of carbonyl (C=O) groups excluding carboxylic acids is 1. The van der Waals surface area contributed by atoms with Gasteiger partial charge in [0.05, 0.1) is 6.61 Å². The van der Waals surface area contributed by atoms with Crippen molar-refractivity contribution in [1.82, 2.24) is 5.48 Å². The Balaban J connectivity index is 3.20. The molecule has 12 heavy (non-hydrogen) atoms. The van der Waals surface area contributed by atoms with Gasteiger partial charge in [0.2, 0.25) is 5.91 Å². The number of hydroxylamine groups is 1. The summed E-state index contributed by atoms with van der Waals surface area (Å²) in [5.74, 6) is 0.439. The molecule has 0 rings (SSSR count). The molecular formula is C9H19NO2. The molecule has 0 saturated carbocycles. The molecule has 0 fully saturated rings. The SMILES string of the molecule is CCCCC(=O)NOCC(C)C. The van der Waals surface area contributed by atoms with Crippen LogP contribution in [0, 0.1) is 5.92 Å². The lowest BCUT2D eigenvalue weighted by molar-refractivity contribution is -0.134. The molecular weight excluding hydrogens is 154 g/mol. The zero-order valence-corrected chi connectivity index (χ0v) is 8.22. The second-order valence-corrected chi connectivity index (χ2v) is 3.33. The molecule has 0 heterocycles. The lowest BCUT2D eigenvalue weighted by Crippen LogP contribution is -2.25. The molecule has 0 spiro atoms. The Kier molecular flexibility index (Phi) is 6.76. The van der Waals surface area contributed by atoms with Crippen molar-refractivity contribution in [2.45, 2.75) is 40.0 Å². The third-order valence-corrected chi connectivity index (χ3v) is 1.36. The van der Waals surface area contributed by atoms with Gasteiger partial charge in [-0.15, -0.1) is 0 Å². The molecule has 0 aromatic carbocycles. The van der Waals surface area contributed by atoms with Gasteiger partial charge < -0.3 is 0 Å². The summed E-state index contributed by atoms with van der Waals surface area (Å²) in [5, 5.41) is 0. The average Bonchev–Trinajstić information content (AvgIpc) is 2.00. The number of rotatable bonds is 6. The van der Waals surface area contributed by atoms with E-state index in [1.54, 1.807) is 0 Å². The van der Waals surface area contributed by atoms with E-state index >= 15 is 0 Å². The summed E-state index contributed by atoms with van der Waals surface area (Å²) >= 11 is 0. The van der Waals surface area contributed by atoms with E-state index in [9.17, 15) is 4.79 Å². The first-order valence-electron chi connectivity index (χ1n) is 4.57. The maximum atomic E-state index is 10.9. The van der Waals surface area contributed by atoms with Crippen LogP contribution in [0.2, 0.25) is 0 Å². The Morgan fingerprint density at radius 3 is 2.67 bits per heavy atom. The fourth-order valence-corrected chi connectivity index (χ4v) is 0.677. The van der Waals surface area contributed by atoms with E-state index in [1.807, 2.05) is 13.8 Å². The van der Waals surface area contributed by atoms with E-state index in [0.29, 0.717) is 18.9 Å². The summed E-state index contributed by atoms with van der Waals surface area (Å²) in [6.45, 7) is 6.72. The van der Waals surface area contributed by atoms with Gasteiger partial charge in [0, 0.05) is 6.42 Å². The Hall–Kier alpha value is -0.570. The highest BCUT2D eigenvalue weighted by Gasteiger charge is 2.00. The van der Waals surface area contributed by atoms with Crippen molar-refractivity contribution in [3.8, 4) is 0 Å². The van der Waals surface area contributed by atoms with Crippen LogP contribution >= 0.6 is 0 Å². The van der Waals surface area contributed by atoms with Crippen LogP contribution in [0.1, 0.15) is 40.0 Å². The minimum atomic E-state index is -0.0162. The molecule has 0 atom stereocenters. The molecule has 0 aromatic heterocycles. The predicted molar refractivity (Wildman–Crippen MR) is 48.5 cm³/mol. The van der Waals surface area contributed by atoms with Crippen molar-refractivity contribution in [3.05, 3.63) is 0 Å². The van der Waals surface area contributed by atoms with Crippen molar-refractivity contribution in [2.24, 2.45) is 5.92 Å². The van der Waals surface area contributed by atoms with Gasteiger partial charge >= 0.3 is 0 Å². The maximum absolute atomic E-state index is 10.9. The van der Waals surface area contributed by atoms with Crippen LogP contribution in [0.3, 0.4) is 0 Å². The summed E-state index contributed by atoms with van der Waals surface area (Å²) in [5.41, 5.74) is 2.41. The van der Waals surface area contributed by atoms with Crippen molar-refractivity contribution in [3.63, 3.8) is 0 Å². The van der Waals surface area contributed by atoms with Gasteiger partial charge in [-0.2, -0.15) is 0 Å². The van der Waals surface area contributed by atoms with Crippen LogP contribution in [0.4, 0.5) is 0 Å². The second kappa shape index (κ2) is 7.10. The molecule has 3 nitrogen and oxygen atoms in total. The number of nitrogens with one attached hydrogen (secondary N) is 1. The zero-order valence-electron chi connectivity index (χ0n) is 8.22. The fourth-order valence-electron chi connectivity index (χ4n) is 0.677. The Morgan fingerprint density at radius 1 is 1.50 bits per heavy atom. The van der Waals surface area contributed by atoms with Crippen LogP contribution in [0.25, 0.3) is 0 Å². The summed E-state index contributed by atoms with van der Waals surface area (Å²) in [4.78, 5) is 15.9. The van der Waals surface area contributed by atoms with Crippen molar-refractivity contribution in [1.29, 1.82) is 0 Å². The van der Waals surface area contributed by atoms with Gasteiger partial charge in [0.1, 0.15) is 0 Å². The Bertz CT molecular complexity index is 124. The minimum absolute atomic E-state index is 0.0162. The summed E-state index contributed by atoms with van der Waals surface area (Å²) in [7, 11) is 0. The number of amides is 1. The Morgan fingerprint density at radius 2 is 2.17 bits per heavy atom. The average molecular weight is 173 g/mol. The molecule has 0 aromatic rings. The number of carbonyl (C=O) groups is 1. The monoisotopic (exact) mass is 173 g/mol. The summed E-state index contributed by atoms with van der Waals surface area (Å²) in [6.07, 6.45) is 2.53. The van der Waals surface area contributed by atoms with Gasteiger partial charge in [-0.1, -0.05) is 27.2 Å². The molecule has 0 aliphatic rings. The Labute approximate surface area is 74.4 Å². The molecule has 0 radical (unpaired) electrons. The highest BCUT2D eigenvalue weighted by atomic mass is 16.6. The molecule has 0 bridgehead atoms. The predicted octanol–water partition coefficient (Wildman–Crippen LogP) is 1.88. The lowest BCUT2D eigenvalue weighted by atomic mass is 10.2. The highest BCUT2D eigenvalue weighted by Crippen LogP contribution is 1.94. The third kappa shape index (κ3) is 7.54. The topological polar surface area (TPSA) is 38.3 Å². The van der Waals surface area contributed by atoms with Gasteiger partial charge in [0.25, 0.3) is 0 Å². The second-order valence-electron chi connectivity index (χ2n) is 3.33. The molecule has 1 N–H and O–H groups in total. The highest BCUT2D eigenvalue weighted by molar-refractivity contribution is 5.74. The third-order valence-electron chi connectivity index (χ3n) is 1.36. The van der Waals surface area contributed by atoms with E-state index in [-0.39, 0.29) is 5.91 Å². The maximum Gasteiger partial charge on any atom is 0.243 e. The van der Waals surface area contributed by atoms with E-state index in [2.05, 4.69) is 12.4 Å². The van der Waals surface area contributed by atoms with E-state index < -0.39 is 0 Å². The lowest BCUT2D eigenvalue weighted by Gasteiger charge is -2.06. The number of unbranched alkanes of at least 4 members (excludes halogenated alkanes) is 1. The van der Waals surface area contributed by atoms with Gasteiger partial charge in [-0.3, -0.25) is 9.63 Å². The minimum Gasteiger partial charge on any atom is -0.273 e. The summed E-state index contributed by atoms with van der Waals surface area (Å²) < 4.78 is 0. The van der Waals surface area contributed by atoms with Crippen molar-refractivity contribution < 1.29 is 9.63 Å². The van der Waals surface area contributed by atoms with Gasteiger partial charge in [-0.25, -0.2) is 5.48 Å². The van der Waals surface area contributed by atoms with E-state index in [1.165, 1.54) is 0 Å². The molecule has 1 amide bonds.